The van der Waals surface area contributed by atoms with Crippen molar-refractivity contribution in [1.29, 1.82) is 0 Å². The van der Waals surface area contributed by atoms with Gasteiger partial charge in [0.1, 0.15) is 11.2 Å². The normalized spacial score (nSPS) is 11.8. The van der Waals surface area contributed by atoms with Gasteiger partial charge in [0, 0.05) is 11.4 Å². The van der Waals surface area contributed by atoms with Crippen LogP contribution in [-0.2, 0) is 0 Å². The maximum absolute atomic E-state index is 13.0. The Hall–Kier alpha value is -4.92. The van der Waals surface area contributed by atoms with Crippen molar-refractivity contribution in [1.82, 2.24) is 19.9 Å². The lowest BCUT2D eigenvalue weighted by Crippen LogP contribution is -2.27. The average Bonchev–Trinajstić information content (AvgIpc) is 3.29. The molecule has 9 nitrogen and oxygen atoms in total. The monoisotopic (exact) mass is 466 g/mol. The molecule has 2 heterocycles. The summed E-state index contributed by atoms with van der Waals surface area (Å²) in [5.41, 5.74) is 3.11. The molecule has 0 radical (unpaired) electrons. The van der Waals surface area contributed by atoms with Crippen molar-refractivity contribution in [2.45, 2.75) is 13.0 Å². The predicted octanol–water partition coefficient (Wildman–Crippen LogP) is 4.31. The Bertz CT molecular complexity index is 1590. The molecular weight excluding hydrogens is 444 g/mol. The third-order valence-corrected chi connectivity index (χ3v) is 5.67. The number of nitrogens with zero attached hydrogens (tertiary/aromatic N) is 2. The Morgan fingerprint density at radius 1 is 0.886 bits per heavy atom. The van der Waals surface area contributed by atoms with Gasteiger partial charge in [-0.05, 0) is 48.9 Å². The van der Waals surface area contributed by atoms with Crippen LogP contribution in [0.5, 0.6) is 0 Å². The average molecular weight is 467 g/mol. The second kappa shape index (κ2) is 9.14. The first-order valence-electron chi connectivity index (χ1n) is 11.0. The topological polar surface area (TPSA) is 120 Å². The molecule has 0 saturated heterocycles. The van der Waals surface area contributed by atoms with E-state index in [1.807, 2.05) is 43.3 Å². The molecule has 0 aliphatic heterocycles. The van der Waals surface area contributed by atoms with Crippen LogP contribution < -0.4 is 21.5 Å². The second-order valence-electron chi connectivity index (χ2n) is 8.05. The van der Waals surface area contributed by atoms with E-state index in [2.05, 4.69) is 26.0 Å². The summed E-state index contributed by atoms with van der Waals surface area (Å²) in [7, 11) is 0. The van der Waals surface area contributed by atoms with Gasteiger partial charge in [0.25, 0.3) is 11.5 Å². The van der Waals surface area contributed by atoms with E-state index < -0.39 is 0 Å². The lowest BCUT2D eigenvalue weighted by atomic mass is 10.1. The molecule has 0 saturated carbocycles. The molecule has 3 amide bonds. The molecule has 5 aromatic rings. The minimum atomic E-state index is -0.358. The van der Waals surface area contributed by atoms with Crippen LogP contribution in [0.3, 0.4) is 0 Å². The summed E-state index contributed by atoms with van der Waals surface area (Å²) in [4.78, 5) is 40.4. The summed E-state index contributed by atoms with van der Waals surface area (Å²) in [6.07, 6.45) is 1.44. The molecular formula is C26H22N6O3. The minimum Gasteiger partial charge on any atom is -0.345 e. The summed E-state index contributed by atoms with van der Waals surface area (Å²) in [5.74, 6) is -0.358. The molecule has 0 aliphatic carbocycles. The summed E-state index contributed by atoms with van der Waals surface area (Å²) >= 11 is 0. The molecule has 0 fully saturated rings. The molecule has 1 atom stereocenters. The van der Waals surface area contributed by atoms with Gasteiger partial charge in [-0.15, -0.1) is 0 Å². The second-order valence-corrected chi connectivity index (χ2v) is 8.05. The molecule has 3 aromatic carbocycles. The summed E-state index contributed by atoms with van der Waals surface area (Å²) < 4.78 is 1.55. The highest BCUT2D eigenvalue weighted by Gasteiger charge is 2.18. The molecule has 35 heavy (non-hydrogen) atoms. The first kappa shape index (κ1) is 21.9. The number of hydrogen-bond acceptors (Lipinski definition) is 4. The standard InChI is InChI=1S/C26H22N6O3/c1-16(17-11-13-19(14-12-17)30-26(35)29-18-7-3-2-4-8-18)28-25(34)21-15-27-32-22-10-6-5-9-20(22)24(33)31-23(21)32/h2-16H,1H3,(H,28,34)(H,31,33)(H2,29,30,35). The van der Waals surface area contributed by atoms with E-state index in [0.717, 1.165) is 5.56 Å². The zero-order chi connectivity index (χ0) is 24.4. The van der Waals surface area contributed by atoms with Gasteiger partial charge in [-0.3, -0.25) is 9.59 Å². The van der Waals surface area contributed by atoms with Crippen molar-refractivity contribution in [3.8, 4) is 0 Å². The van der Waals surface area contributed by atoms with Crippen LogP contribution in [-0.4, -0.2) is 26.5 Å². The van der Waals surface area contributed by atoms with Crippen LogP contribution in [0.4, 0.5) is 16.2 Å². The van der Waals surface area contributed by atoms with Crippen LogP contribution in [0.1, 0.15) is 28.9 Å². The van der Waals surface area contributed by atoms with Crippen molar-refractivity contribution in [2.24, 2.45) is 0 Å². The van der Waals surface area contributed by atoms with Gasteiger partial charge in [-0.2, -0.15) is 5.10 Å². The Morgan fingerprint density at radius 2 is 1.54 bits per heavy atom. The SMILES string of the molecule is CC(NC(=O)c1cnn2c1[nH]c(=O)c1ccccc12)c1ccc(NC(=O)Nc2ccccc2)cc1. The number of para-hydroxylation sites is 2. The van der Waals surface area contributed by atoms with Crippen molar-refractivity contribution < 1.29 is 9.59 Å². The van der Waals surface area contributed by atoms with Crippen LogP contribution in [0.25, 0.3) is 16.6 Å². The fourth-order valence-electron chi connectivity index (χ4n) is 3.87. The minimum absolute atomic E-state index is 0.274. The number of urea groups is 1. The highest BCUT2D eigenvalue weighted by Crippen LogP contribution is 2.19. The number of amides is 3. The lowest BCUT2D eigenvalue weighted by Gasteiger charge is -2.15. The number of carbonyl (C=O) groups excluding carboxylic acids is 2. The van der Waals surface area contributed by atoms with E-state index in [0.29, 0.717) is 27.9 Å². The Kier molecular flexibility index (Phi) is 5.72. The molecule has 5 rings (SSSR count). The molecule has 174 valence electrons. The number of aromatic amines is 1. The summed E-state index contributed by atoms with van der Waals surface area (Å²) in [6, 6.07) is 22.8. The van der Waals surface area contributed by atoms with E-state index in [4.69, 9.17) is 0 Å². The molecule has 1 unspecified atom stereocenters. The van der Waals surface area contributed by atoms with Gasteiger partial charge in [0.05, 0.1) is 23.1 Å². The number of carbonyl (C=O) groups is 2. The molecule has 9 heteroatoms. The van der Waals surface area contributed by atoms with Gasteiger partial charge >= 0.3 is 6.03 Å². The fourth-order valence-corrected chi connectivity index (χ4v) is 3.87. The molecule has 2 aromatic heterocycles. The predicted molar refractivity (Wildman–Crippen MR) is 135 cm³/mol. The number of nitrogens with one attached hydrogen (secondary N) is 4. The van der Waals surface area contributed by atoms with Crippen molar-refractivity contribution >= 4 is 39.9 Å². The van der Waals surface area contributed by atoms with Crippen LogP contribution in [0.15, 0.2) is 89.9 Å². The van der Waals surface area contributed by atoms with Crippen molar-refractivity contribution in [3.63, 3.8) is 0 Å². The largest absolute Gasteiger partial charge is 0.345 e. The quantitative estimate of drug-likeness (QED) is 0.308. The number of rotatable bonds is 5. The zero-order valence-electron chi connectivity index (χ0n) is 18.8. The van der Waals surface area contributed by atoms with Gasteiger partial charge < -0.3 is 20.9 Å². The third-order valence-electron chi connectivity index (χ3n) is 5.67. The highest BCUT2D eigenvalue weighted by molar-refractivity contribution is 6.01. The van der Waals surface area contributed by atoms with E-state index in [1.54, 1.807) is 47.0 Å². The summed E-state index contributed by atoms with van der Waals surface area (Å²) in [6.45, 7) is 1.85. The Morgan fingerprint density at radius 3 is 2.29 bits per heavy atom. The highest BCUT2D eigenvalue weighted by atomic mass is 16.2. The number of hydrogen-bond donors (Lipinski definition) is 4. The number of benzene rings is 3. The van der Waals surface area contributed by atoms with Crippen molar-refractivity contribution in [3.05, 3.63) is 107 Å². The van der Waals surface area contributed by atoms with E-state index in [9.17, 15) is 14.4 Å². The van der Waals surface area contributed by atoms with Gasteiger partial charge in [-0.25, -0.2) is 9.31 Å². The van der Waals surface area contributed by atoms with Crippen molar-refractivity contribution in [2.75, 3.05) is 10.6 Å². The fraction of sp³-hybridized carbons (Fsp3) is 0.0769. The summed E-state index contributed by atoms with van der Waals surface area (Å²) in [5, 5.41) is 13.3. The maximum atomic E-state index is 13.0. The molecule has 4 N–H and O–H groups in total. The number of anilines is 2. The Labute approximate surface area is 199 Å². The lowest BCUT2D eigenvalue weighted by molar-refractivity contribution is 0.0941. The van der Waals surface area contributed by atoms with Crippen LogP contribution >= 0.6 is 0 Å². The Balaban J connectivity index is 1.28. The van der Waals surface area contributed by atoms with Crippen LogP contribution in [0.2, 0.25) is 0 Å². The third kappa shape index (κ3) is 4.47. The number of aromatic nitrogens is 3. The number of H-pyrrole nitrogens is 1. The van der Waals surface area contributed by atoms with E-state index >= 15 is 0 Å². The van der Waals surface area contributed by atoms with Gasteiger partial charge in [-0.1, -0.05) is 42.5 Å². The van der Waals surface area contributed by atoms with Gasteiger partial charge in [0.2, 0.25) is 0 Å². The molecule has 0 aliphatic rings. The van der Waals surface area contributed by atoms with E-state index in [-0.39, 0.29) is 29.1 Å². The first-order valence-corrected chi connectivity index (χ1v) is 11.0. The van der Waals surface area contributed by atoms with Crippen LogP contribution in [0, 0.1) is 0 Å². The van der Waals surface area contributed by atoms with Gasteiger partial charge in [0.15, 0.2) is 0 Å². The maximum Gasteiger partial charge on any atom is 0.323 e. The van der Waals surface area contributed by atoms with E-state index in [1.165, 1.54) is 6.20 Å². The zero-order valence-corrected chi connectivity index (χ0v) is 18.8. The smallest absolute Gasteiger partial charge is 0.323 e. The first-order chi connectivity index (χ1) is 17.0. The molecule has 0 bridgehead atoms. The number of fused-ring (bicyclic) bond motifs is 3. The molecule has 0 spiro atoms.